The molecule has 1 aromatic carbocycles. The van der Waals surface area contributed by atoms with E-state index < -0.39 is 0 Å². The first kappa shape index (κ1) is 20.4. The zero-order chi connectivity index (χ0) is 20.1. The van der Waals surface area contributed by atoms with Crippen LogP contribution in [0.2, 0.25) is 0 Å². The van der Waals surface area contributed by atoms with Crippen LogP contribution >= 0.6 is 0 Å². The summed E-state index contributed by atoms with van der Waals surface area (Å²) in [6.07, 6.45) is 4.33. The Balaban J connectivity index is 1.56. The van der Waals surface area contributed by atoms with Crippen molar-refractivity contribution in [2.45, 2.75) is 25.4 Å². The van der Waals surface area contributed by atoms with Gasteiger partial charge in [-0.15, -0.1) is 0 Å². The molecular formula is C20H30N6O2. The minimum Gasteiger partial charge on any atom is -0.310 e. The largest absolute Gasteiger partial charge is 0.310 e. The van der Waals surface area contributed by atoms with Crippen LogP contribution in [0.5, 0.6) is 0 Å². The molecule has 1 saturated heterocycles. The molecule has 1 aromatic heterocycles. The summed E-state index contributed by atoms with van der Waals surface area (Å²) in [5.74, 6) is 0. The van der Waals surface area contributed by atoms with E-state index in [1.54, 1.807) is 16.8 Å². The highest BCUT2D eigenvalue weighted by atomic mass is 16.6. The van der Waals surface area contributed by atoms with Gasteiger partial charge in [0.1, 0.15) is 0 Å². The van der Waals surface area contributed by atoms with Crippen LogP contribution in [0, 0.1) is 10.1 Å². The van der Waals surface area contributed by atoms with Crippen molar-refractivity contribution in [2.75, 3.05) is 40.3 Å². The summed E-state index contributed by atoms with van der Waals surface area (Å²) in [6.45, 7) is 5.25. The van der Waals surface area contributed by atoms with Crippen molar-refractivity contribution in [3.05, 3.63) is 46.1 Å². The van der Waals surface area contributed by atoms with Gasteiger partial charge in [0.05, 0.1) is 10.6 Å². The lowest BCUT2D eigenvalue weighted by Gasteiger charge is -2.33. The van der Waals surface area contributed by atoms with Gasteiger partial charge in [0.25, 0.3) is 5.69 Å². The molecule has 1 fully saturated rings. The number of nitro groups is 1. The van der Waals surface area contributed by atoms with Crippen molar-refractivity contribution in [2.24, 2.45) is 7.05 Å². The van der Waals surface area contributed by atoms with E-state index in [0.29, 0.717) is 6.04 Å². The second kappa shape index (κ2) is 9.27. The summed E-state index contributed by atoms with van der Waals surface area (Å²) < 4.78 is 1.80. The van der Waals surface area contributed by atoms with Gasteiger partial charge in [-0.2, -0.15) is 5.10 Å². The molecule has 1 N–H and O–H groups in total. The average molecular weight is 387 g/mol. The molecule has 0 amide bonds. The number of hydrogen-bond donors (Lipinski definition) is 1. The van der Waals surface area contributed by atoms with E-state index in [-0.39, 0.29) is 10.6 Å². The SMILES string of the molecule is CN(C)CCN1CCC(NCc2cn(C)nc2-c2ccc([N+](=O)[O-])cc2)CC1. The summed E-state index contributed by atoms with van der Waals surface area (Å²) in [5, 5.41) is 19.1. The van der Waals surface area contributed by atoms with Crippen LogP contribution in [0.25, 0.3) is 11.3 Å². The molecule has 2 aromatic rings. The van der Waals surface area contributed by atoms with Crippen LogP contribution in [-0.4, -0.2) is 70.8 Å². The van der Waals surface area contributed by atoms with Gasteiger partial charge in [-0.1, -0.05) is 0 Å². The van der Waals surface area contributed by atoms with Gasteiger partial charge in [0, 0.05) is 62.2 Å². The highest BCUT2D eigenvalue weighted by molar-refractivity contribution is 5.64. The molecule has 2 heterocycles. The van der Waals surface area contributed by atoms with Crippen LogP contribution in [0.3, 0.4) is 0 Å². The molecule has 0 bridgehead atoms. The summed E-state index contributed by atoms with van der Waals surface area (Å²) in [4.78, 5) is 15.2. The Morgan fingerprint density at radius 1 is 1.25 bits per heavy atom. The Bertz CT molecular complexity index is 778. The highest BCUT2D eigenvalue weighted by Gasteiger charge is 2.20. The second-order valence-electron chi connectivity index (χ2n) is 7.78. The third-order valence-electron chi connectivity index (χ3n) is 5.29. The fourth-order valence-electron chi connectivity index (χ4n) is 3.61. The van der Waals surface area contributed by atoms with E-state index in [1.807, 2.05) is 13.2 Å². The van der Waals surface area contributed by atoms with Crippen molar-refractivity contribution in [3.63, 3.8) is 0 Å². The lowest BCUT2D eigenvalue weighted by molar-refractivity contribution is -0.384. The molecule has 0 saturated carbocycles. The molecule has 1 aliphatic heterocycles. The number of nitrogens with zero attached hydrogens (tertiary/aromatic N) is 5. The zero-order valence-electron chi connectivity index (χ0n) is 17.0. The standard InChI is InChI=1S/C20H30N6O2/c1-23(2)12-13-25-10-8-18(9-11-25)21-14-17-15-24(3)22-20(17)16-4-6-19(7-5-16)26(27)28/h4-7,15,18,21H,8-14H2,1-3H3. The Morgan fingerprint density at radius 3 is 2.54 bits per heavy atom. The molecule has 0 unspecified atom stereocenters. The molecule has 0 spiro atoms. The number of nitrogens with one attached hydrogen (secondary N) is 1. The topological polar surface area (TPSA) is 79.5 Å². The van der Waals surface area contributed by atoms with Crippen molar-refractivity contribution in [1.82, 2.24) is 24.9 Å². The van der Waals surface area contributed by atoms with Gasteiger partial charge in [0.15, 0.2) is 0 Å². The predicted molar refractivity (Wildman–Crippen MR) is 110 cm³/mol. The van der Waals surface area contributed by atoms with E-state index in [2.05, 4.69) is 34.3 Å². The van der Waals surface area contributed by atoms with E-state index >= 15 is 0 Å². The number of aryl methyl sites for hydroxylation is 1. The number of nitro benzene ring substituents is 1. The summed E-state index contributed by atoms with van der Waals surface area (Å²) in [6, 6.07) is 7.12. The Hall–Kier alpha value is -2.29. The quantitative estimate of drug-likeness (QED) is 0.553. The maximum atomic E-state index is 10.9. The first-order valence-corrected chi connectivity index (χ1v) is 9.80. The third-order valence-corrected chi connectivity index (χ3v) is 5.29. The lowest BCUT2D eigenvalue weighted by atomic mass is 10.0. The molecule has 3 rings (SSSR count). The Kier molecular flexibility index (Phi) is 6.77. The smallest absolute Gasteiger partial charge is 0.269 e. The minimum atomic E-state index is -0.379. The molecule has 0 aliphatic carbocycles. The van der Waals surface area contributed by atoms with Gasteiger partial charge >= 0.3 is 0 Å². The summed E-state index contributed by atoms with van der Waals surface area (Å²) in [7, 11) is 6.14. The van der Waals surface area contributed by atoms with Crippen molar-refractivity contribution in [1.29, 1.82) is 0 Å². The molecule has 1 aliphatic rings. The molecule has 8 heteroatoms. The van der Waals surface area contributed by atoms with Crippen LogP contribution in [-0.2, 0) is 13.6 Å². The molecular weight excluding hydrogens is 356 g/mol. The van der Waals surface area contributed by atoms with Gasteiger partial charge in [-0.05, 0) is 52.2 Å². The lowest BCUT2D eigenvalue weighted by Crippen LogP contribution is -2.44. The fraction of sp³-hybridized carbons (Fsp3) is 0.550. The van der Waals surface area contributed by atoms with E-state index in [1.165, 1.54) is 12.1 Å². The number of piperidine rings is 1. The average Bonchev–Trinajstić information content (AvgIpc) is 3.06. The molecule has 28 heavy (non-hydrogen) atoms. The van der Waals surface area contributed by atoms with Crippen molar-refractivity contribution in [3.8, 4) is 11.3 Å². The Morgan fingerprint density at radius 2 is 1.93 bits per heavy atom. The monoisotopic (exact) mass is 386 g/mol. The van der Waals surface area contributed by atoms with Crippen molar-refractivity contribution >= 4 is 5.69 Å². The van der Waals surface area contributed by atoms with Crippen molar-refractivity contribution < 1.29 is 4.92 Å². The fourth-order valence-corrected chi connectivity index (χ4v) is 3.61. The second-order valence-corrected chi connectivity index (χ2v) is 7.78. The number of benzene rings is 1. The first-order valence-electron chi connectivity index (χ1n) is 9.80. The Labute approximate surface area is 166 Å². The van der Waals surface area contributed by atoms with Gasteiger partial charge in [0.2, 0.25) is 0 Å². The van der Waals surface area contributed by atoms with Crippen LogP contribution in [0.15, 0.2) is 30.5 Å². The van der Waals surface area contributed by atoms with E-state index in [4.69, 9.17) is 0 Å². The highest BCUT2D eigenvalue weighted by Crippen LogP contribution is 2.24. The van der Waals surface area contributed by atoms with E-state index in [0.717, 1.165) is 62.4 Å². The van der Waals surface area contributed by atoms with Crippen LogP contribution in [0.1, 0.15) is 18.4 Å². The van der Waals surface area contributed by atoms with Gasteiger partial charge in [-0.25, -0.2) is 0 Å². The maximum Gasteiger partial charge on any atom is 0.269 e. The van der Waals surface area contributed by atoms with E-state index in [9.17, 15) is 10.1 Å². The zero-order valence-corrected chi connectivity index (χ0v) is 17.0. The van der Waals surface area contributed by atoms with Crippen LogP contribution in [0.4, 0.5) is 5.69 Å². The number of rotatable bonds is 8. The minimum absolute atomic E-state index is 0.0976. The number of hydrogen-bond acceptors (Lipinski definition) is 6. The normalized spacial score (nSPS) is 16.0. The van der Waals surface area contributed by atoms with Crippen LogP contribution < -0.4 is 5.32 Å². The maximum absolute atomic E-state index is 10.9. The number of likely N-dealkylation sites (tertiary alicyclic amines) is 1. The molecule has 8 nitrogen and oxygen atoms in total. The molecule has 0 radical (unpaired) electrons. The van der Waals surface area contributed by atoms with Gasteiger partial charge < -0.3 is 15.1 Å². The molecule has 0 atom stereocenters. The number of non-ortho nitro benzene ring substituents is 1. The molecule has 152 valence electrons. The summed E-state index contributed by atoms with van der Waals surface area (Å²) in [5.41, 5.74) is 3.00. The summed E-state index contributed by atoms with van der Waals surface area (Å²) >= 11 is 0. The first-order chi connectivity index (χ1) is 13.4. The number of likely N-dealkylation sites (N-methyl/N-ethyl adjacent to an activating group) is 1. The third kappa shape index (κ3) is 5.37. The predicted octanol–water partition coefficient (Wildman–Crippen LogP) is 2.11. The number of aromatic nitrogens is 2. The van der Waals surface area contributed by atoms with Gasteiger partial charge in [-0.3, -0.25) is 14.8 Å².